The van der Waals surface area contributed by atoms with Gasteiger partial charge in [-0.15, -0.1) is 0 Å². The summed E-state index contributed by atoms with van der Waals surface area (Å²) in [5, 5.41) is 0. The van der Waals surface area contributed by atoms with Gasteiger partial charge in [0.25, 0.3) is 0 Å². The zero-order chi connectivity index (χ0) is 12.1. The van der Waals surface area contributed by atoms with Gasteiger partial charge >= 0.3 is 0 Å². The molecular formula is C12H24N2OS. The van der Waals surface area contributed by atoms with Crippen molar-refractivity contribution in [3.63, 3.8) is 0 Å². The summed E-state index contributed by atoms with van der Waals surface area (Å²) in [5.41, 5.74) is 5.92. The van der Waals surface area contributed by atoms with E-state index < -0.39 is 0 Å². The number of hydrogen-bond donors (Lipinski definition) is 1. The molecule has 1 heterocycles. The molecule has 3 unspecified atom stereocenters. The van der Waals surface area contributed by atoms with E-state index in [-0.39, 0.29) is 12.0 Å². The molecule has 2 N–H and O–H groups in total. The molecule has 3 atom stereocenters. The Morgan fingerprint density at radius 2 is 2.25 bits per heavy atom. The second-order valence-electron chi connectivity index (χ2n) is 4.90. The van der Waals surface area contributed by atoms with Crippen LogP contribution in [0.15, 0.2) is 0 Å². The fraction of sp³-hybridized carbons (Fsp3) is 0.917. The summed E-state index contributed by atoms with van der Waals surface area (Å²) in [7, 11) is 0. The summed E-state index contributed by atoms with van der Waals surface area (Å²) in [5.74, 6) is 1.85. The molecule has 0 aliphatic carbocycles. The van der Waals surface area contributed by atoms with Crippen molar-refractivity contribution < 1.29 is 4.79 Å². The van der Waals surface area contributed by atoms with Crippen LogP contribution in [0.2, 0.25) is 0 Å². The molecule has 94 valence electrons. The second-order valence-corrected chi connectivity index (χ2v) is 5.81. The maximum atomic E-state index is 12.1. The highest BCUT2D eigenvalue weighted by Gasteiger charge is 2.27. The third-order valence-corrected chi connectivity index (χ3v) is 4.18. The van der Waals surface area contributed by atoms with E-state index >= 15 is 0 Å². The first-order valence-electron chi connectivity index (χ1n) is 6.09. The van der Waals surface area contributed by atoms with Crippen LogP contribution in [0.25, 0.3) is 0 Å². The molecule has 0 aromatic heterocycles. The molecule has 1 fully saturated rings. The Morgan fingerprint density at radius 3 is 2.81 bits per heavy atom. The van der Waals surface area contributed by atoms with Crippen LogP contribution >= 0.6 is 11.8 Å². The van der Waals surface area contributed by atoms with Crippen molar-refractivity contribution in [2.24, 2.45) is 17.6 Å². The van der Waals surface area contributed by atoms with Gasteiger partial charge < -0.3 is 10.6 Å². The van der Waals surface area contributed by atoms with Crippen molar-refractivity contribution in [2.45, 2.75) is 32.7 Å². The summed E-state index contributed by atoms with van der Waals surface area (Å²) in [6.07, 6.45) is 4.31. The van der Waals surface area contributed by atoms with E-state index in [1.165, 1.54) is 6.42 Å². The highest BCUT2D eigenvalue weighted by atomic mass is 32.2. The lowest BCUT2D eigenvalue weighted by atomic mass is 9.91. The summed E-state index contributed by atoms with van der Waals surface area (Å²) >= 11 is 1.74. The van der Waals surface area contributed by atoms with Crippen LogP contribution < -0.4 is 5.73 Å². The summed E-state index contributed by atoms with van der Waals surface area (Å²) in [4.78, 5) is 14.1. The van der Waals surface area contributed by atoms with Crippen molar-refractivity contribution in [3.8, 4) is 0 Å². The lowest BCUT2D eigenvalue weighted by molar-refractivity contribution is -0.136. The number of carbonyl (C=O) groups is 1. The predicted octanol–water partition coefficient (Wildman–Crippen LogP) is 1.57. The van der Waals surface area contributed by atoms with Crippen molar-refractivity contribution in [2.75, 3.05) is 25.1 Å². The predicted molar refractivity (Wildman–Crippen MR) is 70.5 cm³/mol. The van der Waals surface area contributed by atoms with Gasteiger partial charge in [-0.05, 0) is 31.9 Å². The Kier molecular flexibility index (Phi) is 5.62. The third kappa shape index (κ3) is 3.67. The lowest BCUT2D eigenvalue weighted by Crippen LogP contribution is -2.47. The molecule has 1 rings (SSSR count). The molecular weight excluding hydrogens is 220 g/mol. The normalized spacial score (nSPS) is 25.2. The van der Waals surface area contributed by atoms with Gasteiger partial charge in [-0.2, -0.15) is 11.8 Å². The van der Waals surface area contributed by atoms with Gasteiger partial charge in [-0.25, -0.2) is 0 Å². The maximum Gasteiger partial charge on any atom is 0.226 e. The van der Waals surface area contributed by atoms with Crippen molar-refractivity contribution in [1.82, 2.24) is 4.90 Å². The van der Waals surface area contributed by atoms with Crippen LogP contribution in [-0.4, -0.2) is 41.9 Å². The SMILES string of the molecule is CSCC(C)C(=O)N1CCCC(C(C)N)C1. The Morgan fingerprint density at radius 1 is 1.56 bits per heavy atom. The Bertz CT molecular complexity index is 233. The molecule has 1 aliphatic heterocycles. The molecule has 1 amide bonds. The number of carbonyl (C=O) groups excluding carboxylic acids is 1. The standard InChI is InChI=1S/C12H24N2OS/c1-9(8-16-3)12(15)14-6-4-5-11(7-14)10(2)13/h9-11H,4-8,13H2,1-3H3. The number of piperidine rings is 1. The van der Waals surface area contributed by atoms with E-state index in [0.717, 1.165) is 25.3 Å². The first-order valence-corrected chi connectivity index (χ1v) is 7.49. The number of rotatable bonds is 4. The average Bonchev–Trinajstić information content (AvgIpc) is 2.28. The van der Waals surface area contributed by atoms with E-state index in [1.807, 2.05) is 25.0 Å². The van der Waals surface area contributed by atoms with E-state index in [0.29, 0.717) is 11.8 Å². The molecule has 0 bridgehead atoms. The van der Waals surface area contributed by atoms with Gasteiger partial charge in [0.1, 0.15) is 0 Å². The number of hydrogen-bond acceptors (Lipinski definition) is 3. The van der Waals surface area contributed by atoms with Crippen molar-refractivity contribution >= 4 is 17.7 Å². The maximum absolute atomic E-state index is 12.1. The van der Waals surface area contributed by atoms with Gasteiger partial charge in [-0.3, -0.25) is 4.79 Å². The van der Waals surface area contributed by atoms with Crippen LogP contribution in [0.1, 0.15) is 26.7 Å². The topological polar surface area (TPSA) is 46.3 Å². The Hall–Kier alpha value is -0.220. The van der Waals surface area contributed by atoms with Gasteiger partial charge in [0.15, 0.2) is 0 Å². The van der Waals surface area contributed by atoms with Crippen molar-refractivity contribution in [3.05, 3.63) is 0 Å². The molecule has 0 radical (unpaired) electrons. The Balaban J connectivity index is 2.49. The second kappa shape index (κ2) is 6.50. The van der Waals surface area contributed by atoms with Gasteiger partial charge in [0.05, 0.1) is 0 Å². The van der Waals surface area contributed by atoms with Gasteiger partial charge in [0.2, 0.25) is 5.91 Å². The number of nitrogens with two attached hydrogens (primary N) is 1. The molecule has 1 saturated heterocycles. The van der Waals surface area contributed by atoms with Gasteiger partial charge in [0, 0.05) is 30.8 Å². The molecule has 0 aromatic rings. The van der Waals surface area contributed by atoms with E-state index in [9.17, 15) is 4.79 Å². The average molecular weight is 244 g/mol. The van der Waals surface area contributed by atoms with Gasteiger partial charge in [-0.1, -0.05) is 6.92 Å². The highest BCUT2D eigenvalue weighted by Crippen LogP contribution is 2.21. The van der Waals surface area contributed by atoms with Crippen LogP contribution in [0, 0.1) is 11.8 Å². The van der Waals surface area contributed by atoms with Crippen LogP contribution in [0.5, 0.6) is 0 Å². The van der Waals surface area contributed by atoms with E-state index in [4.69, 9.17) is 5.73 Å². The molecule has 16 heavy (non-hydrogen) atoms. The monoisotopic (exact) mass is 244 g/mol. The molecule has 3 nitrogen and oxygen atoms in total. The zero-order valence-electron chi connectivity index (χ0n) is 10.6. The molecule has 0 aromatic carbocycles. The van der Waals surface area contributed by atoms with E-state index in [1.54, 1.807) is 11.8 Å². The number of nitrogens with zero attached hydrogens (tertiary/aromatic N) is 1. The summed E-state index contributed by atoms with van der Waals surface area (Å²) in [6, 6.07) is 0.200. The highest BCUT2D eigenvalue weighted by molar-refractivity contribution is 7.98. The quantitative estimate of drug-likeness (QED) is 0.816. The van der Waals surface area contributed by atoms with Crippen LogP contribution in [0.3, 0.4) is 0 Å². The largest absolute Gasteiger partial charge is 0.342 e. The summed E-state index contributed by atoms with van der Waals surface area (Å²) < 4.78 is 0. The minimum absolute atomic E-state index is 0.141. The molecule has 0 spiro atoms. The number of thioether (sulfide) groups is 1. The summed E-state index contributed by atoms with van der Waals surface area (Å²) in [6.45, 7) is 5.84. The smallest absolute Gasteiger partial charge is 0.226 e. The van der Waals surface area contributed by atoms with Crippen molar-refractivity contribution in [1.29, 1.82) is 0 Å². The molecule has 1 aliphatic rings. The minimum atomic E-state index is 0.141. The Labute approximate surface area is 103 Å². The fourth-order valence-corrected chi connectivity index (χ4v) is 2.91. The zero-order valence-corrected chi connectivity index (χ0v) is 11.4. The number of likely N-dealkylation sites (tertiary alicyclic amines) is 1. The van der Waals surface area contributed by atoms with E-state index in [2.05, 4.69) is 0 Å². The minimum Gasteiger partial charge on any atom is -0.342 e. The first-order chi connectivity index (χ1) is 7.56. The third-order valence-electron chi connectivity index (χ3n) is 3.35. The molecule has 4 heteroatoms. The fourth-order valence-electron chi connectivity index (χ4n) is 2.27. The first kappa shape index (κ1) is 13.8. The van der Waals surface area contributed by atoms with Crippen LogP contribution in [-0.2, 0) is 4.79 Å². The van der Waals surface area contributed by atoms with Crippen LogP contribution in [0.4, 0.5) is 0 Å². The molecule has 0 saturated carbocycles. The lowest BCUT2D eigenvalue weighted by Gasteiger charge is -2.36. The number of amides is 1.